The van der Waals surface area contributed by atoms with Crippen LogP contribution in [-0.2, 0) is 19.1 Å². The molecule has 4 heteroatoms. The first-order valence-electron chi connectivity index (χ1n) is 7.98. The number of esters is 2. The molecule has 0 unspecified atom stereocenters. The molecule has 0 aliphatic rings. The zero-order chi connectivity index (χ0) is 16.1. The highest BCUT2D eigenvalue weighted by Crippen LogP contribution is 2.11. The predicted octanol–water partition coefficient (Wildman–Crippen LogP) is 4.18. The van der Waals surface area contributed by atoms with Crippen LogP contribution in [0.1, 0.15) is 72.6 Å². The fraction of sp³-hybridized carbons (Fsp3) is 0.765. The Morgan fingerprint density at radius 1 is 1.00 bits per heavy atom. The third-order valence-electron chi connectivity index (χ3n) is 3.02. The van der Waals surface area contributed by atoms with E-state index in [2.05, 4.69) is 13.8 Å². The lowest BCUT2D eigenvalue weighted by Crippen LogP contribution is -2.18. The van der Waals surface area contributed by atoms with Crippen molar-refractivity contribution in [2.45, 2.75) is 78.7 Å². The molecule has 21 heavy (non-hydrogen) atoms. The van der Waals surface area contributed by atoms with Crippen LogP contribution in [0.25, 0.3) is 0 Å². The molecule has 4 nitrogen and oxygen atoms in total. The fourth-order valence-corrected chi connectivity index (χ4v) is 1.90. The van der Waals surface area contributed by atoms with Gasteiger partial charge in [0.25, 0.3) is 0 Å². The van der Waals surface area contributed by atoms with Crippen molar-refractivity contribution in [2.24, 2.45) is 0 Å². The van der Waals surface area contributed by atoms with Gasteiger partial charge in [0.1, 0.15) is 12.7 Å². The summed E-state index contributed by atoms with van der Waals surface area (Å²) < 4.78 is 10.5. The second kappa shape index (κ2) is 12.4. The van der Waals surface area contributed by atoms with Gasteiger partial charge in [-0.3, -0.25) is 9.59 Å². The Morgan fingerprint density at radius 3 is 2.10 bits per heavy atom. The van der Waals surface area contributed by atoms with E-state index in [9.17, 15) is 9.59 Å². The maximum absolute atomic E-state index is 11.7. The summed E-state index contributed by atoms with van der Waals surface area (Å²) in [6.45, 7) is 8.37. The largest absolute Gasteiger partial charge is 0.462 e. The first-order chi connectivity index (χ1) is 9.99. The molecule has 0 fully saturated rings. The minimum Gasteiger partial charge on any atom is -0.462 e. The van der Waals surface area contributed by atoms with Gasteiger partial charge in [-0.1, -0.05) is 32.3 Å². The first kappa shape index (κ1) is 19.7. The maximum Gasteiger partial charge on any atom is 0.306 e. The summed E-state index contributed by atoms with van der Waals surface area (Å²) in [5.74, 6) is -0.474. The molecule has 0 saturated carbocycles. The lowest BCUT2D eigenvalue weighted by atomic mass is 10.1. The van der Waals surface area contributed by atoms with Gasteiger partial charge in [0.2, 0.25) is 0 Å². The van der Waals surface area contributed by atoms with E-state index in [1.807, 2.05) is 19.9 Å². The topological polar surface area (TPSA) is 52.6 Å². The standard InChI is InChI=1S/C17H30O4/c1-5-8-15(9-6-2)21-17(19)11-7-10-16(18)20-13-12-14(3)4/h12,15H,5-11,13H2,1-4H3. The van der Waals surface area contributed by atoms with Gasteiger partial charge in [0.05, 0.1) is 0 Å². The van der Waals surface area contributed by atoms with Crippen LogP contribution in [-0.4, -0.2) is 24.6 Å². The monoisotopic (exact) mass is 298 g/mol. The lowest BCUT2D eigenvalue weighted by molar-refractivity contribution is -0.150. The molecule has 0 aliphatic carbocycles. The quantitative estimate of drug-likeness (QED) is 0.424. The van der Waals surface area contributed by atoms with E-state index < -0.39 is 0 Å². The molecule has 0 spiro atoms. The summed E-state index contributed by atoms with van der Waals surface area (Å²) in [4.78, 5) is 23.1. The molecule has 0 heterocycles. The second-order valence-corrected chi connectivity index (χ2v) is 5.51. The number of rotatable bonds is 11. The molecule has 0 rings (SSSR count). The SMILES string of the molecule is CCCC(CCC)OC(=O)CCCC(=O)OCC=C(C)C. The van der Waals surface area contributed by atoms with Crippen molar-refractivity contribution >= 4 is 11.9 Å². The fourth-order valence-electron chi connectivity index (χ4n) is 1.90. The molecule has 0 aliphatic heterocycles. The number of allylic oxidation sites excluding steroid dienone is 1. The molecule has 0 saturated heterocycles. The molecule has 0 amide bonds. The summed E-state index contributed by atoms with van der Waals surface area (Å²) >= 11 is 0. The van der Waals surface area contributed by atoms with Gasteiger partial charge in [-0.15, -0.1) is 0 Å². The number of carbonyl (C=O) groups is 2. The average Bonchev–Trinajstić information content (AvgIpc) is 2.38. The van der Waals surface area contributed by atoms with Crippen molar-refractivity contribution < 1.29 is 19.1 Å². The van der Waals surface area contributed by atoms with Gasteiger partial charge in [0.15, 0.2) is 0 Å². The average molecular weight is 298 g/mol. The summed E-state index contributed by atoms with van der Waals surface area (Å²) in [5, 5.41) is 0. The molecular weight excluding hydrogens is 268 g/mol. The van der Waals surface area contributed by atoms with Crippen LogP contribution in [0.3, 0.4) is 0 Å². The lowest BCUT2D eigenvalue weighted by Gasteiger charge is -2.16. The van der Waals surface area contributed by atoms with Crippen LogP contribution in [0, 0.1) is 0 Å². The minimum atomic E-state index is -0.265. The summed E-state index contributed by atoms with van der Waals surface area (Å²) in [6.07, 6.45) is 6.73. The van der Waals surface area contributed by atoms with Crippen LogP contribution >= 0.6 is 0 Å². The van der Waals surface area contributed by atoms with E-state index in [0.29, 0.717) is 13.0 Å². The zero-order valence-corrected chi connectivity index (χ0v) is 13.9. The van der Waals surface area contributed by atoms with Crippen molar-refractivity contribution in [1.29, 1.82) is 0 Å². The first-order valence-corrected chi connectivity index (χ1v) is 7.98. The summed E-state index contributed by atoms with van der Waals surface area (Å²) in [7, 11) is 0. The molecule has 0 aromatic rings. The zero-order valence-electron chi connectivity index (χ0n) is 13.9. The van der Waals surface area contributed by atoms with Crippen LogP contribution in [0.5, 0.6) is 0 Å². The van der Waals surface area contributed by atoms with Crippen molar-refractivity contribution in [3.05, 3.63) is 11.6 Å². The highest BCUT2D eigenvalue weighted by atomic mass is 16.5. The highest BCUT2D eigenvalue weighted by molar-refractivity contribution is 5.72. The third-order valence-corrected chi connectivity index (χ3v) is 3.02. The third kappa shape index (κ3) is 12.2. The number of carbonyl (C=O) groups excluding carboxylic acids is 2. The molecule has 0 aromatic heterocycles. The number of ether oxygens (including phenoxy) is 2. The maximum atomic E-state index is 11.7. The Hall–Kier alpha value is -1.32. The van der Waals surface area contributed by atoms with Gasteiger partial charge >= 0.3 is 11.9 Å². The smallest absolute Gasteiger partial charge is 0.306 e. The van der Waals surface area contributed by atoms with Crippen LogP contribution in [0.15, 0.2) is 11.6 Å². The van der Waals surface area contributed by atoms with Crippen LogP contribution in [0.4, 0.5) is 0 Å². The Bertz CT molecular complexity index is 324. The molecule has 0 bridgehead atoms. The molecule has 0 N–H and O–H groups in total. The Morgan fingerprint density at radius 2 is 1.57 bits per heavy atom. The molecule has 122 valence electrons. The number of hydrogen-bond donors (Lipinski definition) is 0. The van der Waals surface area contributed by atoms with Crippen molar-refractivity contribution in [3.63, 3.8) is 0 Å². The van der Waals surface area contributed by atoms with Gasteiger partial charge in [-0.25, -0.2) is 0 Å². The van der Waals surface area contributed by atoms with E-state index in [-0.39, 0.29) is 30.9 Å². The van der Waals surface area contributed by atoms with E-state index in [1.54, 1.807) is 0 Å². The van der Waals surface area contributed by atoms with Gasteiger partial charge < -0.3 is 9.47 Å². The van der Waals surface area contributed by atoms with E-state index in [4.69, 9.17) is 9.47 Å². The van der Waals surface area contributed by atoms with Gasteiger partial charge in [-0.2, -0.15) is 0 Å². The van der Waals surface area contributed by atoms with Crippen LogP contribution < -0.4 is 0 Å². The van der Waals surface area contributed by atoms with E-state index in [1.165, 1.54) is 0 Å². The Labute approximate surface area is 128 Å². The number of hydrogen-bond acceptors (Lipinski definition) is 4. The molecule has 0 aromatic carbocycles. The van der Waals surface area contributed by atoms with E-state index in [0.717, 1.165) is 31.3 Å². The van der Waals surface area contributed by atoms with Crippen molar-refractivity contribution in [3.8, 4) is 0 Å². The second-order valence-electron chi connectivity index (χ2n) is 5.51. The Kier molecular flexibility index (Phi) is 11.6. The molecule has 0 radical (unpaired) electrons. The molecular formula is C17H30O4. The predicted molar refractivity (Wildman–Crippen MR) is 83.9 cm³/mol. The van der Waals surface area contributed by atoms with Crippen molar-refractivity contribution in [1.82, 2.24) is 0 Å². The van der Waals surface area contributed by atoms with Gasteiger partial charge in [0, 0.05) is 12.8 Å². The van der Waals surface area contributed by atoms with Crippen LogP contribution in [0.2, 0.25) is 0 Å². The minimum absolute atomic E-state index is 0.0251. The normalized spacial score (nSPS) is 10.3. The molecule has 0 atom stereocenters. The Balaban J connectivity index is 3.81. The van der Waals surface area contributed by atoms with Crippen molar-refractivity contribution in [2.75, 3.05) is 6.61 Å². The highest BCUT2D eigenvalue weighted by Gasteiger charge is 2.13. The van der Waals surface area contributed by atoms with E-state index >= 15 is 0 Å². The van der Waals surface area contributed by atoms with Gasteiger partial charge in [-0.05, 0) is 39.2 Å². The summed E-state index contributed by atoms with van der Waals surface area (Å²) in [5.41, 5.74) is 1.12. The summed E-state index contributed by atoms with van der Waals surface area (Å²) in [6, 6.07) is 0.